The SMILES string of the molecule is COc1cc(Cl)c(C)cc1NC(=O)CC1C(=O)NN(C)C1=O. The molecule has 22 heavy (non-hydrogen) atoms. The van der Waals surface area contributed by atoms with Crippen molar-refractivity contribution in [2.45, 2.75) is 13.3 Å². The molecule has 1 aliphatic rings. The molecule has 1 aromatic rings. The first kappa shape index (κ1) is 16.1. The normalized spacial score (nSPS) is 17.5. The van der Waals surface area contributed by atoms with Crippen molar-refractivity contribution in [3.8, 4) is 5.75 Å². The minimum atomic E-state index is -1.01. The zero-order chi connectivity index (χ0) is 16.4. The van der Waals surface area contributed by atoms with Crippen molar-refractivity contribution in [2.75, 3.05) is 19.5 Å². The number of carbonyl (C=O) groups is 3. The number of nitrogens with one attached hydrogen (secondary N) is 2. The fraction of sp³-hybridized carbons (Fsp3) is 0.357. The van der Waals surface area contributed by atoms with Gasteiger partial charge in [0.05, 0.1) is 12.8 Å². The number of amides is 3. The monoisotopic (exact) mass is 325 g/mol. The molecule has 0 radical (unpaired) electrons. The summed E-state index contributed by atoms with van der Waals surface area (Å²) < 4.78 is 5.16. The summed E-state index contributed by atoms with van der Waals surface area (Å²) >= 11 is 6.00. The Morgan fingerprint density at radius 1 is 1.45 bits per heavy atom. The van der Waals surface area contributed by atoms with E-state index in [0.29, 0.717) is 16.5 Å². The third-order valence-corrected chi connectivity index (χ3v) is 3.77. The van der Waals surface area contributed by atoms with Gasteiger partial charge in [-0.3, -0.25) is 24.8 Å². The Bertz CT molecular complexity index is 647. The van der Waals surface area contributed by atoms with Crippen molar-refractivity contribution in [3.63, 3.8) is 0 Å². The number of aryl methyl sites for hydroxylation is 1. The van der Waals surface area contributed by atoms with Gasteiger partial charge < -0.3 is 10.1 Å². The van der Waals surface area contributed by atoms with Gasteiger partial charge in [-0.15, -0.1) is 0 Å². The van der Waals surface area contributed by atoms with E-state index in [1.54, 1.807) is 19.1 Å². The van der Waals surface area contributed by atoms with Crippen LogP contribution in [0.1, 0.15) is 12.0 Å². The fourth-order valence-electron chi connectivity index (χ4n) is 2.14. The summed E-state index contributed by atoms with van der Waals surface area (Å²) in [6.45, 7) is 1.79. The summed E-state index contributed by atoms with van der Waals surface area (Å²) in [4.78, 5) is 35.4. The first-order chi connectivity index (χ1) is 10.3. The van der Waals surface area contributed by atoms with E-state index in [0.717, 1.165) is 10.6 Å². The van der Waals surface area contributed by atoms with Crippen LogP contribution in [-0.2, 0) is 14.4 Å². The molecule has 1 aromatic carbocycles. The minimum Gasteiger partial charge on any atom is -0.495 e. The first-order valence-electron chi connectivity index (χ1n) is 6.55. The molecule has 2 rings (SSSR count). The number of rotatable bonds is 4. The van der Waals surface area contributed by atoms with E-state index >= 15 is 0 Å². The Labute approximate surface area is 132 Å². The van der Waals surface area contributed by atoms with Crippen LogP contribution >= 0.6 is 11.6 Å². The highest BCUT2D eigenvalue weighted by molar-refractivity contribution is 6.31. The lowest BCUT2D eigenvalue weighted by Crippen LogP contribution is -2.31. The molecular weight excluding hydrogens is 310 g/mol. The summed E-state index contributed by atoms with van der Waals surface area (Å²) in [6, 6.07) is 3.26. The minimum absolute atomic E-state index is 0.236. The van der Waals surface area contributed by atoms with Crippen molar-refractivity contribution in [1.82, 2.24) is 10.4 Å². The van der Waals surface area contributed by atoms with Crippen LogP contribution in [0.25, 0.3) is 0 Å². The smallest absolute Gasteiger partial charge is 0.253 e. The molecule has 1 heterocycles. The van der Waals surface area contributed by atoms with Crippen LogP contribution in [0.5, 0.6) is 5.75 Å². The van der Waals surface area contributed by atoms with E-state index in [9.17, 15) is 14.4 Å². The Morgan fingerprint density at radius 3 is 2.68 bits per heavy atom. The standard InChI is InChI=1S/C14H16ClN3O4/c1-7-4-10(11(22-3)6-9(7)15)16-12(19)5-8-13(20)17-18(2)14(8)21/h4,6,8H,5H2,1-3H3,(H,16,19)(H,17,20). The number of benzene rings is 1. The van der Waals surface area contributed by atoms with Crippen molar-refractivity contribution >= 4 is 35.0 Å². The van der Waals surface area contributed by atoms with Gasteiger partial charge in [-0.25, -0.2) is 0 Å². The third kappa shape index (κ3) is 3.14. The molecule has 0 aliphatic carbocycles. The third-order valence-electron chi connectivity index (χ3n) is 3.37. The quantitative estimate of drug-likeness (QED) is 0.812. The molecule has 1 saturated heterocycles. The van der Waals surface area contributed by atoms with Crippen LogP contribution in [0.3, 0.4) is 0 Å². The van der Waals surface area contributed by atoms with E-state index < -0.39 is 23.6 Å². The van der Waals surface area contributed by atoms with Gasteiger partial charge in [0.15, 0.2) is 0 Å². The molecule has 7 nitrogen and oxygen atoms in total. The lowest BCUT2D eigenvalue weighted by molar-refractivity contribution is -0.134. The number of anilines is 1. The molecule has 3 amide bonds. The van der Waals surface area contributed by atoms with Crippen molar-refractivity contribution in [1.29, 1.82) is 0 Å². The van der Waals surface area contributed by atoms with Gasteiger partial charge in [-0.1, -0.05) is 11.6 Å². The average molecular weight is 326 g/mol. The van der Waals surface area contributed by atoms with Crippen LogP contribution < -0.4 is 15.5 Å². The van der Waals surface area contributed by atoms with Crippen molar-refractivity contribution < 1.29 is 19.1 Å². The summed E-state index contributed by atoms with van der Waals surface area (Å²) in [7, 11) is 2.89. The Hall–Kier alpha value is -2.28. The number of carbonyl (C=O) groups excluding carboxylic acids is 3. The summed E-state index contributed by atoms with van der Waals surface area (Å²) in [5.41, 5.74) is 3.56. The van der Waals surface area contributed by atoms with Gasteiger partial charge in [-0.05, 0) is 18.6 Å². The molecule has 0 aromatic heterocycles. The lowest BCUT2D eigenvalue weighted by atomic mass is 10.0. The molecule has 118 valence electrons. The largest absolute Gasteiger partial charge is 0.495 e. The fourth-order valence-corrected chi connectivity index (χ4v) is 2.29. The van der Waals surface area contributed by atoms with E-state index in [2.05, 4.69) is 10.7 Å². The summed E-state index contributed by atoms with van der Waals surface area (Å²) in [5, 5.41) is 4.23. The maximum Gasteiger partial charge on any atom is 0.253 e. The highest BCUT2D eigenvalue weighted by Gasteiger charge is 2.38. The number of nitrogens with zero attached hydrogens (tertiary/aromatic N) is 1. The predicted molar refractivity (Wildman–Crippen MR) is 80.4 cm³/mol. The first-order valence-corrected chi connectivity index (χ1v) is 6.93. The molecule has 0 spiro atoms. The van der Waals surface area contributed by atoms with Gasteiger partial charge in [0.1, 0.15) is 11.7 Å². The highest BCUT2D eigenvalue weighted by Crippen LogP contribution is 2.31. The molecule has 1 atom stereocenters. The molecule has 1 aliphatic heterocycles. The molecular formula is C14H16ClN3O4. The molecule has 0 saturated carbocycles. The molecule has 1 unspecified atom stereocenters. The molecule has 8 heteroatoms. The summed E-state index contributed by atoms with van der Waals surface area (Å²) in [6.07, 6.45) is -0.236. The number of ether oxygens (including phenoxy) is 1. The number of halogens is 1. The van der Waals surface area contributed by atoms with Crippen LogP contribution in [0, 0.1) is 12.8 Å². The van der Waals surface area contributed by atoms with E-state index in [1.165, 1.54) is 14.2 Å². The highest BCUT2D eigenvalue weighted by atomic mass is 35.5. The number of hydrogen-bond acceptors (Lipinski definition) is 4. The van der Waals surface area contributed by atoms with Crippen LogP contribution in [-0.4, -0.2) is 36.9 Å². The van der Waals surface area contributed by atoms with Gasteiger partial charge in [-0.2, -0.15) is 0 Å². The number of hydrazine groups is 1. The van der Waals surface area contributed by atoms with Gasteiger partial charge in [0.2, 0.25) is 5.91 Å². The van der Waals surface area contributed by atoms with Gasteiger partial charge in [0, 0.05) is 24.6 Å². The van der Waals surface area contributed by atoms with Crippen molar-refractivity contribution in [2.24, 2.45) is 5.92 Å². The van der Waals surface area contributed by atoms with Crippen LogP contribution in [0.15, 0.2) is 12.1 Å². The number of hydrogen-bond donors (Lipinski definition) is 2. The Kier molecular flexibility index (Phi) is 4.56. The molecule has 0 bridgehead atoms. The zero-order valence-corrected chi connectivity index (χ0v) is 13.2. The van der Waals surface area contributed by atoms with E-state index in [1.807, 2.05) is 0 Å². The summed E-state index contributed by atoms with van der Waals surface area (Å²) in [5.74, 6) is -1.97. The lowest BCUT2D eigenvalue weighted by Gasteiger charge is -2.13. The zero-order valence-electron chi connectivity index (χ0n) is 12.4. The second-order valence-electron chi connectivity index (χ2n) is 4.98. The Balaban J connectivity index is 2.11. The second kappa shape index (κ2) is 6.23. The predicted octanol–water partition coefficient (Wildman–Crippen LogP) is 1.11. The van der Waals surface area contributed by atoms with E-state index in [4.69, 9.17) is 16.3 Å². The van der Waals surface area contributed by atoms with Gasteiger partial charge >= 0.3 is 0 Å². The maximum absolute atomic E-state index is 12.1. The number of methoxy groups -OCH3 is 1. The Morgan fingerprint density at radius 2 is 2.14 bits per heavy atom. The van der Waals surface area contributed by atoms with Crippen LogP contribution in [0.4, 0.5) is 5.69 Å². The second-order valence-corrected chi connectivity index (χ2v) is 5.39. The molecule has 2 N–H and O–H groups in total. The van der Waals surface area contributed by atoms with Crippen molar-refractivity contribution in [3.05, 3.63) is 22.7 Å². The maximum atomic E-state index is 12.1. The van der Waals surface area contributed by atoms with Gasteiger partial charge in [0.25, 0.3) is 11.8 Å². The molecule has 1 fully saturated rings. The van der Waals surface area contributed by atoms with Crippen LogP contribution in [0.2, 0.25) is 5.02 Å². The topological polar surface area (TPSA) is 87.7 Å². The van der Waals surface area contributed by atoms with E-state index in [-0.39, 0.29) is 6.42 Å². The average Bonchev–Trinajstić information content (AvgIpc) is 2.69.